The van der Waals surface area contributed by atoms with E-state index in [1.807, 2.05) is 25.3 Å². The lowest BCUT2D eigenvalue weighted by Gasteiger charge is -2.14. The number of nitrogens with one attached hydrogen (secondary N) is 1. The van der Waals surface area contributed by atoms with Gasteiger partial charge in [-0.1, -0.05) is 35.0 Å². The molecule has 22 heavy (non-hydrogen) atoms. The van der Waals surface area contributed by atoms with Gasteiger partial charge in [0.15, 0.2) is 5.16 Å². The molecule has 0 aliphatic rings. The highest BCUT2D eigenvalue weighted by Crippen LogP contribution is 2.28. The molecule has 0 bridgehead atoms. The van der Waals surface area contributed by atoms with Crippen LogP contribution in [0.1, 0.15) is 26.8 Å². The number of anilines is 1. The van der Waals surface area contributed by atoms with Crippen molar-refractivity contribution in [3.8, 4) is 0 Å². The van der Waals surface area contributed by atoms with Crippen LogP contribution in [0.3, 0.4) is 0 Å². The van der Waals surface area contributed by atoms with Crippen LogP contribution in [0.2, 0.25) is 10.0 Å². The Hall–Kier alpha value is -1.24. The van der Waals surface area contributed by atoms with Gasteiger partial charge in [0.2, 0.25) is 5.91 Å². The van der Waals surface area contributed by atoms with Crippen molar-refractivity contribution in [2.75, 3.05) is 5.32 Å². The predicted octanol–water partition coefficient (Wildman–Crippen LogP) is 4.29. The zero-order valence-electron chi connectivity index (χ0n) is 12.4. The molecular formula is C14H16Cl2N4OS. The molecule has 1 aromatic carbocycles. The normalized spacial score (nSPS) is 12.5. The number of rotatable bonds is 5. The summed E-state index contributed by atoms with van der Waals surface area (Å²) in [6.45, 7) is 5.88. The second kappa shape index (κ2) is 7.35. The number of carbonyl (C=O) groups is 1. The van der Waals surface area contributed by atoms with E-state index < -0.39 is 0 Å². The van der Waals surface area contributed by atoms with Crippen LogP contribution < -0.4 is 5.32 Å². The second-order valence-corrected chi connectivity index (χ2v) is 7.14. The minimum absolute atomic E-state index is 0.160. The topological polar surface area (TPSA) is 59.8 Å². The summed E-state index contributed by atoms with van der Waals surface area (Å²) in [7, 11) is 0. The van der Waals surface area contributed by atoms with E-state index in [9.17, 15) is 4.79 Å². The van der Waals surface area contributed by atoms with Gasteiger partial charge in [-0.15, -0.1) is 10.2 Å². The maximum Gasteiger partial charge on any atom is 0.237 e. The van der Waals surface area contributed by atoms with E-state index in [2.05, 4.69) is 15.5 Å². The van der Waals surface area contributed by atoms with Crippen LogP contribution in [-0.4, -0.2) is 25.9 Å². The molecular weight excluding hydrogens is 343 g/mol. The summed E-state index contributed by atoms with van der Waals surface area (Å²) in [5.41, 5.74) is 0.536. The van der Waals surface area contributed by atoms with Gasteiger partial charge in [-0.05, 0) is 39.0 Å². The molecule has 2 rings (SSSR count). The van der Waals surface area contributed by atoms with E-state index in [1.54, 1.807) is 24.5 Å². The monoisotopic (exact) mass is 358 g/mol. The third kappa shape index (κ3) is 4.15. The van der Waals surface area contributed by atoms with Crippen LogP contribution >= 0.6 is 35.0 Å². The van der Waals surface area contributed by atoms with Crippen LogP contribution in [0.25, 0.3) is 0 Å². The lowest BCUT2D eigenvalue weighted by Crippen LogP contribution is -2.23. The number of hydrogen-bond donors (Lipinski definition) is 1. The van der Waals surface area contributed by atoms with E-state index in [0.29, 0.717) is 20.9 Å². The van der Waals surface area contributed by atoms with Crippen LogP contribution in [0.4, 0.5) is 5.69 Å². The van der Waals surface area contributed by atoms with Crippen LogP contribution in [0.5, 0.6) is 0 Å². The fourth-order valence-electron chi connectivity index (χ4n) is 1.71. The number of thioether (sulfide) groups is 1. The summed E-state index contributed by atoms with van der Waals surface area (Å²) in [5, 5.41) is 12.0. The Morgan fingerprint density at radius 3 is 2.68 bits per heavy atom. The Labute approximate surface area is 143 Å². The molecule has 1 aromatic heterocycles. The first-order valence-electron chi connectivity index (χ1n) is 6.70. The molecule has 0 saturated heterocycles. The second-order valence-electron chi connectivity index (χ2n) is 4.99. The third-order valence-electron chi connectivity index (χ3n) is 2.94. The lowest BCUT2D eigenvalue weighted by atomic mass is 10.3. The highest BCUT2D eigenvalue weighted by Gasteiger charge is 2.19. The summed E-state index contributed by atoms with van der Waals surface area (Å²) in [6.07, 6.45) is 1.66. The first-order chi connectivity index (χ1) is 10.4. The summed E-state index contributed by atoms with van der Waals surface area (Å²) in [5.74, 6) is -0.160. The van der Waals surface area contributed by atoms with Crippen molar-refractivity contribution in [3.63, 3.8) is 0 Å². The van der Waals surface area contributed by atoms with E-state index >= 15 is 0 Å². The molecule has 0 spiro atoms. The minimum Gasteiger partial charge on any atom is -0.324 e. The molecule has 1 atom stereocenters. The fourth-order valence-corrected chi connectivity index (χ4v) is 3.12. The Balaban J connectivity index is 2.04. The van der Waals surface area contributed by atoms with Gasteiger partial charge in [-0.2, -0.15) is 0 Å². The van der Waals surface area contributed by atoms with Gasteiger partial charge in [0.25, 0.3) is 0 Å². The van der Waals surface area contributed by atoms with Crippen molar-refractivity contribution in [3.05, 3.63) is 34.6 Å². The SMILES string of the molecule is CC(Sc1nncn1C(C)C)C(=O)Nc1ccc(Cl)cc1Cl. The third-order valence-corrected chi connectivity index (χ3v) is 4.56. The van der Waals surface area contributed by atoms with Gasteiger partial charge in [0, 0.05) is 11.1 Å². The van der Waals surface area contributed by atoms with Crippen molar-refractivity contribution in [1.29, 1.82) is 0 Å². The summed E-state index contributed by atoms with van der Waals surface area (Å²) in [6, 6.07) is 5.18. The molecule has 0 aliphatic heterocycles. The average Bonchev–Trinajstić information content (AvgIpc) is 2.90. The number of carbonyl (C=O) groups excluding carboxylic acids is 1. The maximum absolute atomic E-state index is 12.3. The molecule has 1 unspecified atom stereocenters. The molecule has 1 heterocycles. The fraction of sp³-hybridized carbons (Fsp3) is 0.357. The quantitative estimate of drug-likeness (QED) is 0.810. The summed E-state index contributed by atoms with van der Waals surface area (Å²) < 4.78 is 1.92. The smallest absolute Gasteiger partial charge is 0.237 e. The first kappa shape index (κ1) is 17.1. The zero-order chi connectivity index (χ0) is 16.3. The number of halogens is 2. The highest BCUT2D eigenvalue weighted by molar-refractivity contribution is 8.00. The van der Waals surface area contributed by atoms with Gasteiger partial charge < -0.3 is 9.88 Å². The molecule has 0 fully saturated rings. The first-order valence-corrected chi connectivity index (χ1v) is 8.34. The van der Waals surface area contributed by atoms with Gasteiger partial charge in [0.05, 0.1) is 16.0 Å². The minimum atomic E-state index is -0.339. The van der Waals surface area contributed by atoms with E-state index in [4.69, 9.17) is 23.2 Å². The van der Waals surface area contributed by atoms with Gasteiger partial charge in [-0.3, -0.25) is 4.79 Å². The van der Waals surface area contributed by atoms with E-state index in [1.165, 1.54) is 11.8 Å². The molecule has 8 heteroatoms. The van der Waals surface area contributed by atoms with Crippen LogP contribution in [0.15, 0.2) is 29.7 Å². The Morgan fingerprint density at radius 2 is 2.05 bits per heavy atom. The van der Waals surface area contributed by atoms with Crippen molar-refractivity contribution in [1.82, 2.24) is 14.8 Å². The molecule has 5 nitrogen and oxygen atoms in total. The van der Waals surface area contributed by atoms with Gasteiger partial charge in [-0.25, -0.2) is 0 Å². The summed E-state index contributed by atoms with van der Waals surface area (Å²) >= 11 is 13.2. The lowest BCUT2D eigenvalue weighted by molar-refractivity contribution is -0.115. The molecule has 0 radical (unpaired) electrons. The number of hydrogen-bond acceptors (Lipinski definition) is 4. The Kier molecular flexibility index (Phi) is 5.72. The molecule has 2 aromatic rings. The number of amides is 1. The zero-order valence-corrected chi connectivity index (χ0v) is 14.7. The predicted molar refractivity (Wildman–Crippen MR) is 90.8 cm³/mol. The van der Waals surface area contributed by atoms with E-state index in [0.717, 1.165) is 0 Å². The van der Waals surface area contributed by atoms with Crippen molar-refractivity contribution >= 4 is 46.6 Å². The number of benzene rings is 1. The molecule has 118 valence electrons. The largest absolute Gasteiger partial charge is 0.324 e. The Morgan fingerprint density at radius 1 is 1.32 bits per heavy atom. The van der Waals surface area contributed by atoms with E-state index in [-0.39, 0.29) is 17.2 Å². The Bertz CT molecular complexity index is 675. The van der Waals surface area contributed by atoms with Crippen molar-refractivity contribution < 1.29 is 4.79 Å². The van der Waals surface area contributed by atoms with Gasteiger partial charge in [0.1, 0.15) is 6.33 Å². The molecule has 1 amide bonds. The highest BCUT2D eigenvalue weighted by atomic mass is 35.5. The standard InChI is InChI=1S/C14H16Cl2N4OS/c1-8(2)20-7-17-19-14(20)22-9(3)13(21)18-12-5-4-10(15)6-11(12)16/h4-9H,1-3H3,(H,18,21). The molecule has 0 saturated carbocycles. The van der Waals surface area contributed by atoms with Gasteiger partial charge >= 0.3 is 0 Å². The average molecular weight is 359 g/mol. The van der Waals surface area contributed by atoms with Crippen molar-refractivity contribution in [2.45, 2.75) is 37.2 Å². The number of nitrogens with zero attached hydrogens (tertiary/aromatic N) is 3. The molecule has 0 aliphatic carbocycles. The summed E-state index contributed by atoms with van der Waals surface area (Å²) in [4.78, 5) is 12.3. The van der Waals surface area contributed by atoms with Crippen LogP contribution in [-0.2, 0) is 4.79 Å². The number of aromatic nitrogens is 3. The van der Waals surface area contributed by atoms with Crippen LogP contribution in [0, 0.1) is 0 Å². The maximum atomic E-state index is 12.3. The molecule has 1 N–H and O–H groups in total. The van der Waals surface area contributed by atoms with Crippen molar-refractivity contribution in [2.24, 2.45) is 0 Å².